The van der Waals surface area contributed by atoms with Crippen LogP contribution in [0.1, 0.15) is 33.2 Å². The molecule has 8 heteroatoms. The topological polar surface area (TPSA) is 114 Å². The van der Waals surface area contributed by atoms with Crippen LogP contribution in [-0.2, 0) is 4.79 Å². The molecular formula is C20H22N2O6. The molecule has 148 valence electrons. The molecule has 0 aliphatic rings. The standard InChI is InChI=1S/C20H22N2O6/c1-4-27-17-10-14(7-8-16(17)28-11-18(23)24)20(26)22-15-9-13(19(25)21-3)6-5-12(15)2/h5-10H,4,11H2,1-3H3,(H,21,25)(H,22,26)(H,23,24). The number of hydrogen-bond acceptors (Lipinski definition) is 5. The van der Waals surface area contributed by atoms with E-state index in [1.807, 2.05) is 6.92 Å². The summed E-state index contributed by atoms with van der Waals surface area (Å²) in [6.07, 6.45) is 0. The molecule has 28 heavy (non-hydrogen) atoms. The Kier molecular flexibility index (Phi) is 6.97. The van der Waals surface area contributed by atoms with Crippen LogP contribution in [0.3, 0.4) is 0 Å². The summed E-state index contributed by atoms with van der Waals surface area (Å²) < 4.78 is 10.6. The summed E-state index contributed by atoms with van der Waals surface area (Å²) >= 11 is 0. The number of carbonyl (C=O) groups is 3. The molecule has 0 saturated heterocycles. The number of hydrogen-bond donors (Lipinski definition) is 3. The van der Waals surface area contributed by atoms with Gasteiger partial charge in [0.25, 0.3) is 11.8 Å². The maximum atomic E-state index is 12.6. The van der Waals surface area contributed by atoms with Crippen molar-refractivity contribution in [3.05, 3.63) is 53.1 Å². The van der Waals surface area contributed by atoms with Crippen molar-refractivity contribution in [3.63, 3.8) is 0 Å². The van der Waals surface area contributed by atoms with Gasteiger partial charge in [-0.05, 0) is 49.7 Å². The van der Waals surface area contributed by atoms with Crippen LogP contribution in [0.15, 0.2) is 36.4 Å². The molecule has 2 aromatic carbocycles. The first-order valence-corrected chi connectivity index (χ1v) is 8.61. The number of rotatable bonds is 8. The number of carboxylic acids is 1. The second kappa shape index (κ2) is 9.40. The highest BCUT2D eigenvalue weighted by Crippen LogP contribution is 2.29. The van der Waals surface area contributed by atoms with E-state index in [9.17, 15) is 14.4 Å². The van der Waals surface area contributed by atoms with Gasteiger partial charge in [-0.3, -0.25) is 9.59 Å². The molecule has 0 aliphatic carbocycles. The van der Waals surface area contributed by atoms with Gasteiger partial charge in [0.15, 0.2) is 18.1 Å². The molecule has 2 amide bonds. The van der Waals surface area contributed by atoms with Gasteiger partial charge in [0.05, 0.1) is 6.61 Å². The average Bonchev–Trinajstić information content (AvgIpc) is 2.68. The number of carboxylic acid groups (broad SMARTS) is 1. The van der Waals surface area contributed by atoms with Crippen LogP contribution in [-0.4, -0.2) is 43.2 Å². The lowest BCUT2D eigenvalue weighted by Crippen LogP contribution is -2.19. The molecule has 0 bridgehead atoms. The molecule has 0 spiro atoms. The van der Waals surface area contributed by atoms with Gasteiger partial charge < -0.3 is 25.2 Å². The summed E-state index contributed by atoms with van der Waals surface area (Å²) in [6, 6.07) is 9.48. The number of aliphatic carboxylic acids is 1. The van der Waals surface area contributed by atoms with Crippen molar-refractivity contribution < 1.29 is 29.0 Å². The van der Waals surface area contributed by atoms with Gasteiger partial charge in [-0.2, -0.15) is 0 Å². The zero-order valence-electron chi connectivity index (χ0n) is 15.9. The monoisotopic (exact) mass is 386 g/mol. The van der Waals surface area contributed by atoms with Crippen molar-refractivity contribution >= 4 is 23.5 Å². The molecule has 2 rings (SSSR count). The molecule has 0 radical (unpaired) electrons. The van der Waals surface area contributed by atoms with E-state index in [2.05, 4.69) is 10.6 Å². The van der Waals surface area contributed by atoms with E-state index in [1.54, 1.807) is 25.1 Å². The van der Waals surface area contributed by atoms with Gasteiger partial charge in [-0.15, -0.1) is 0 Å². The summed E-state index contributed by atoms with van der Waals surface area (Å²) in [4.78, 5) is 35.1. The molecule has 0 unspecified atom stereocenters. The molecule has 3 N–H and O–H groups in total. The number of carbonyl (C=O) groups excluding carboxylic acids is 2. The number of amides is 2. The van der Waals surface area contributed by atoms with Crippen molar-refractivity contribution in [2.75, 3.05) is 25.6 Å². The third-order valence-corrected chi connectivity index (χ3v) is 3.83. The van der Waals surface area contributed by atoms with E-state index in [1.165, 1.54) is 25.2 Å². The van der Waals surface area contributed by atoms with Gasteiger partial charge in [0.2, 0.25) is 0 Å². The normalized spacial score (nSPS) is 10.1. The minimum absolute atomic E-state index is 0.235. The SMILES string of the molecule is CCOc1cc(C(=O)Nc2cc(C(=O)NC)ccc2C)ccc1OCC(=O)O. The predicted molar refractivity (Wildman–Crippen MR) is 103 cm³/mol. The zero-order valence-corrected chi connectivity index (χ0v) is 15.9. The minimum atomic E-state index is -1.12. The molecule has 0 aliphatic heterocycles. The smallest absolute Gasteiger partial charge is 0.341 e. The number of nitrogens with one attached hydrogen (secondary N) is 2. The molecule has 8 nitrogen and oxygen atoms in total. The quantitative estimate of drug-likeness (QED) is 0.642. The first-order valence-electron chi connectivity index (χ1n) is 8.61. The highest BCUT2D eigenvalue weighted by Gasteiger charge is 2.15. The van der Waals surface area contributed by atoms with Gasteiger partial charge in [0.1, 0.15) is 0 Å². The first kappa shape index (κ1) is 20.8. The lowest BCUT2D eigenvalue weighted by atomic mass is 10.1. The van der Waals surface area contributed by atoms with E-state index >= 15 is 0 Å². The Morgan fingerprint density at radius 2 is 1.64 bits per heavy atom. The van der Waals surface area contributed by atoms with Gasteiger partial charge >= 0.3 is 5.97 Å². The fourth-order valence-electron chi connectivity index (χ4n) is 2.41. The van der Waals surface area contributed by atoms with Crippen LogP contribution in [0.2, 0.25) is 0 Å². The number of benzene rings is 2. The van der Waals surface area contributed by atoms with Crippen LogP contribution in [0, 0.1) is 6.92 Å². The molecule has 0 aromatic heterocycles. The fraction of sp³-hybridized carbons (Fsp3) is 0.250. The lowest BCUT2D eigenvalue weighted by molar-refractivity contribution is -0.139. The van der Waals surface area contributed by atoms with E-state index in [-0.39, 0.29) is 17.4 Å². The van der Waals surface area contributed by atoms with Gasteiger partial charge in [-0.25, -0.2) is 4.79 Å². The van der Waals surface area contributed by atoms with Crippen LogP contribution in [0.5, 0.6) is 11.5 Å². The molecule has 0 fully saturated rings. The maximum Gasteiger partial charge on any atom is 0.341 e. The van der Waals surface area contributed by atoms with E-state index in [4.69, 9.17) is 14.6 Å². The minimum Gasteiger partial charge on any atom is -0.490 e. The fourth-order valence-corrected chi connectivity index (χ4v) is 2.41. The van der Waals surface area contributed by atoms with Crippen molar-refractivity contribution in [3.8, 4) is 11.5 Å². The highest BCUT2D eigenvalue weighted by atomic mass is 16.5. The maximum absolute atomic E-state index is 12.6. The summed E-state index contributed by atoms with van der Waals surface area (Å²) in [7, 11) is 1.53. The molecular weight excluding hydrogens is 364 g/mol. The Labute approximate surface area is 162 Å². The summed E-state index contributed by atoms with van der Waals surface area (Å²) in [5.74, 6) is -1.27. The second-order valence-electron chi connectivity index (χ2n) is 5.84. The van der Waals surface area contributed by atoms with E-state index < -0.39 is 18.5 Å². The summed E-state index contributed by atoms with van der Waals surface area (Å²) in [5.41, 5.74) is 2.04. The van der Waals surface area contributed by atoms with Gasteiger partial charge in [-0.1, -0.05) is 6.07 Å². The average molecular weight is 386 g/mol. The molecule has 0 atom stereocenters. The zero-order chi connectivity index (χ0) is 20.7. The second-order valence-corrected chi connectivity index (χ2v) is 5.84. The van der Waals surface area contributed by atoms with Crippen molar-refractivity contribution in [2.24, 2.45) is 0 Å². The summed E-state index contributed by atoms with van der Waals surface area (Å²) in [6.45, 7) is 3.39. The third-order valence-electron chi connectivity index (χ3n) is 3.83. The van der Waals surface area contributed by atoms with Crippen LogP contribution in [0.25, 0.3) is 0 Å². The van der Waals surface area contributed by atoms with Crippen LogP contribution in [0.4, 0.5) is 5.69 Å². The van der Waals surface area contributed by atoms with Crippen molar-refractivity contribution in [1.82, 2.24) is 5.32 Å². The number of aryl methyl sites for hydroxylation is 1. The predicted octanol–water partition coefficient (Wildman–Crippen LogP) is 2.47. The van der Waals surface area contributed by atoms with Gasteiger partial charge in [0, 0.05) is 23.9 Å². The Morgan fingerprint density at radius 3 is 2.29 bits per heavy atom. The Bertz CT molecular complexity index is 894. The molecule has 2 aromatic rings. The Balaban J connectivity index is 2.25. The van der Waals surface area contributed by atoms with Crippen molar-refractivity contribution in [1.29, 1.82) is 0 Å². The van der Waals surface area contributed by atoms with Crippen molar-refractivity contribution in [2.45, 2.75) is 13.8 Å². The first-order chi connectivity index (χ1) is 13.3. The van der Waals surface area contributed by atoms with Crippen LogP contribution >= 0.6 is 0 Å². The lowest BCUT2D eigenvalue weighted by Gasteiger charge is -2.13. The highest BCUT2D eigenvalue weighted by molar-refractivity contribution is 6.06. The van der Waals surface area contributed by atoms with Crippen LogP contribution < -0.4 is 20.1 Å². The number of ether oxygens (including phenoxy) is 2. The molecule has 0 heterocycles. The Hall–Kier alpha value is -3.55. The largest absolute Gasteiger partial charge is 0.490 e. The van der Waals surface area contributed by atoms with E-state index in [0.29, 0.717) is 23.4 Å². The third kappa shape index (κ3) is 5.23. The number of anilines is 1. The van der Waals surface area contributed by atoms with E-state index in [0.717, 1.165) is 5.56 Å². The summed E-state index contributed by atoms with van der Waals surface area (Å²) in [5, 5.41) is 14.1. The molecule has 0 saturated carbocycles. The Morgan fingerprint density at radius 1 is 0.964 bits per heavy atom.